The molecule has 50 heavy (non-hydrogen) atoms. The second-order valence-corrected chi connectivity index (χ2v) is 20.7. The first-order valence-corrected chi connectivity index (χ1v) is 21.5. The van der Waals surface area contributed by atoms with Crippen molar-refractivity contribution in [3.63, 3.8) is 0 Å². The highest BCUT2D eigenvalue weighted by molar-refractivity contribution is 5.32. The molecule has 284 valence electrons. The van der Waals surface area contributed by atoms with Crippen molar-refractivity contribution in [3.8, 4) is 0 Å². The van der Waals surface area contributed by atoms with Crippen molar-refractivity contribution in [1.29, 1.82) is 0 Å². The molecule has 1 N–H and O–H groups in total. The summed E-state index contributed by atoms with van der Waals surface area (Å²) < 4.78 is 26.8. The smallest absolute Gasteiger partial charge is 0.170 e. The summed E-state index contributed by atoms with van der Waals surface area (Å²) >= 11 is 0. The maximum atomic E-state index is 11.0. The van der Waals surface area contributed by atoms with Crippen molar-refractivity contribution in [2.24, 2.45) is 51.2 Å². The molecule has 4 heterocycles. The number of hydrogen-bond acceptors (Lipinski definition) is 7. The van der Waals surface area contributed by atoms with Crippen LogP contribution < -0.4 is 0 Å². The Balaban J connectivity index is 0.894. The first-order chi connectivity index (χ1) is 23.8. The molecule has 9 aliphatic rings. The van der Waals surface area contributed by atoms with Crippen LogP contribution in [0.4, 0.5) is 0 Å². The van der Waals surface area contributed by atoms with Gasteiger partial charge in [0.1, 0.15) is 6.10 Å². The molecule has 4 aliphatic heterocycles. The quantitative estimate of drug-likeness (QED) is 0.300. The minimum absolute atomic E-state index is 0.00808. The monoisotopic (exact) mass is 697 g/mol. The molecule has 16 atom stereocenters. The molecule has 5 saturated carbocycles. The van der Waals surface area contributed by atoms with Gasteiger partial charge in [0, 0.05) is 37.8 Å². The molecule has 0 amide bonds. The summed E-state index contributed by atoms with van der Waals surface area (Å²) in [5.74, 6) is 3.77. The van der Waals surface area contributed by atoms with Crippen LogP contribution in [0.2, 0.25) is 0 Å². The summed E-state index contributed by atoms with van der Waals surface area (Å²) in [6.07, 6.45) is 17.2. The van der Waals surface area contributed by atoms with E-state index in [4.69, 9.17) is 18.9 Å². The highest BCUT2D eigenvalue weighted by Crippen LogP contribution is 2.89. The van der Waals surface area contributed by atoms with Gasteiger partial charge in [-0.05, 0) is 156 Å². The van der Waals surface area contributed by atoms with Gasteiger partial charge in [-0.1, -0.05) is 34.1 Å². The maximum Gasteiger partial charge on any atom is 0.170 e. The fourth-order valence-corrected chi connectivity index (χ4v) is 16.4. The van der Waals surface area contributed by atoms with Crippen molar-refractivity contribution in [2.75, 3.05) is 33.4 Å². The number of hydrogen-bond donors (Lipinski definition) is 1. The third-order valence-electron chi connectivity index (χ3n) is 18.6. The molecule has 0 aromatic carbocycles. The Morgan fingerprint density at radius 3 is 2.46 bits per heavy atom. The van der Waals surface area contributed by atoms with Crippen LogP contribution in [0.15, 0.2) is 0 Å². The van der Waals surface area contributed by atoms with Gasteiger partial charge in [-0.3, -0.25) is 9.80 Å². The number of fused-ring (bicyclic) bond motifs is 6. The van der Waals surface area contributed by atoms with Crippen LogP contribution in [0.3, 0.4) is 0 Å². The Morgan fingerprint density at radius 2 is 1.70 bits per heavy atom. The molecule has 7 heteroatoms. The fraction of sp³-hybridized carbons (Fsp3) is 1.00. The van der Waals surface area contributed by atoms with Crippen molar-refractivity contribution in [1.82, 2.24) is 9.80 Å². The van der Waals surface area contributed by atoms with Gasteiger partial charge in [0.2, 0.25) is 0 Å². The lowest BCUT2D eigenvalue weighted by molar-refractivity contribution is -0.248. The van der Waals surface area contributed by atoms with Crippen LogP contribution >= 0.6 is 0 Å². The van der Waals surface area contributed by atoms with E-state index in [0.717, 1.165) is 61.9 Å². The zero-order chi connectivity index (χ0) is 35.0. The van der Waals surface area contributed by atoms with Crippen molar-refractivity contribution in [2.45, 2.75) is 186 Å². The van der Waals surface area contributed by atoms with Gasteiger partial charge in [0.05, 0.1) is 30.5 Å². The van der Waals surface area contributed by atoms with Crippen LogP contribution in [0.5, 0.6) is 0 Å². The molecule has 9 rings (SSSR count). The van der Waals surface area contributed by atoms with Gasteiger partial charge in [0.15, 0.2) is 6.29 Å². The molecule has 4 saturated heterocycles. The zero-order valence-corrected chi connectivity index (χ0v) is 33.0. The molecule has 9 fully saturated rings. The predicted octanol–water partition coefficient (Wildman–Crippen LogP) is 7.28. The van der Waals surface area contributed by atoms with Crippen LogP contribution in [-0.4, -0.2) is 103 Å². The van der Waals surface area contributed by atoms with E-state index in [2.05, 4.69) is 44.5 Å². The second kappa shape index (κ2) is 12.1. The first-order valence-electron chi connectivity index (χ1n) is 21.5. The first kappa shape index (κ1) is 35.4. The van der Waals surface area contributed by atoms with E-state index < -0.39 is 5.60 Å². The number of ether oxygens (including phenoxy) is 4. The van der Waals surface area contributed by atoms with E-state index in [-0.39, 0.29) is 30.0 Å². The Labute approximate surface area is 304 Å². The van der Waals surface area contributed by atoms with Crippen molar-refractivity contribution in [3.05, 3.63) is 0 Å². The number of nitrogens with zero attached hydrogens (tertiary/aromatic N) is 2. The Bertz CT molecular complexity index is 1290. The largest absolute Gasteiger partial charge is 0.388 e. The summed E-state index contributed by atoms with van der Waals surface area (Å²) in [5, 5.41) is 11.0. The van der Waals surface area contributed by atoms with E-state index >= 15 is 0 Å². The number of piperidine rings is 1. The average molecular weight is 697 g/mol. The average Bonchev–Trinajstić information content (AvgIpc) is 3.40. The van der Waals surface area contributed by atoms with Crippen molar-refractivity contribution >= 4 is 0 Å². The molecule has 7 nitrogen and oxygen atoms in total. The Kier molecular flexibility index (Phi) is 8.58. The summed E-state index contributed by atoms with van der Waals surface area (Å²) in [5.41, 5.74) is 0.614. The normalized spacial score (nSPS) is 53.5. The van der Waals surface area contributed by atoms with Gasteiger partial charge in [-0.2, -0.15) is 0 Å². The van der Waals surface area contributed by atoms with Crippen LogP contribution in [-0.2, 0) is 18.9 Å². The third kappa shape index (κ3) is 4.84. The fourth-order valence-electron chi connectivity index (χ4n) is 16.4. The molecular formula is C43H72N2O5. The standard InChI is InChI=1S/C43H72N2O5/c1-9-47-38(40(5,6)46)33-15-13-29-34(49-33)24-30-28-14-16-35-39(3,4)36(17-18-43(35)26(2)42(28,43)20-19-41(29,30)7)50-37-25-45(21-22-48-37)32-23-27-11-10-12-31(32)44(27)8/h26-38,46H,9-25H2,1-8H3/t26-,27?,28?,29?,30?,31?,32?,33?,34?,35-,36-,37?,38-,41+,42-,43?/m0/s1. The highest BCUT2D eigenvalue weighted by atomic mass is 16.7. The highest BCUT2D eigenvalue weighted by Gasteiger charge is 2.84. The number of likely N-dealkylation sites (N-methyl/N-ethyl adjacent to an activating group) is 1. The van der Waals surface area contributed by atoms with Gasteiger partial charge in [-0.25, -0.2) is 0 Å². The van der Waals surface area contributed by atoms with Crippen molar-refractivity contribution < 1.29 is 24.1 Å². The topological polar surface area (TPSA) is 63.6 Å². The Morgan fingerprint density at radius 1 is 0.900 bits per heavy atom. The van der Waals surface area contributed by atoms with E-state index in [0.29, 0.717) is 40.9 Å². The lowest BCUT2D eigenvalue weighted by atomic mass is 9.46. The van der Waals surface area contributed by atoms with Gasteiger partial charge in [0.25, 0.3) is 0 Å². The van der Waals surface area contributed by atoms with Crippen LogP contribution in [0, 0.1) is 51.2 Å². The van der Waals surface area contributed by atoms with Gasteiger partial charge >= 0.3 is 0 Å². The van der Waals surface area contributed by atoms with E-state index in [1.54, 1.807) is 0 Å². The molecule has 0 aromatic heterocycles. The van der Waals surface area contributed by atoms with Gasteiger partial charge in [-0.15, -0.1) is 0 Å². The van der Waals surface area contributed by atoms with E-state index in [1.807, 2.05) is 20.8 Å². The lowest BCUT2D eigenvalue weighted by Crippen LogP contribution is -2.57. The molecular weight excluding hydrogens is 624 g/mol. The summed E-state index contributed by atoms with van der Waals surface area (Å²) in [6.45, 7) is 19.8. The summed E-state index contributed by atoms with van der Waals surface area (Å²) in [4.78, 5) is 5.45. The van der Waals surface area contributed by atoms with Crippen LogP contribution in [0.25, 0.3) is 0 Å². The SMILES string of the molecule is CCO[C@@H](C1CCC2C(CC3C4CC[C@H]5C(C)(C)[C@@H](OC6CN(C7CC8CCCC7N8C)CCO6)CCC56[C@@H](C)[C@@]46CC[C@]23C)O1)C(C)(C)O. The molecule has 2 bridgehead atoms. The third-order valence-corrected chi connectivity index (χ3v) is 18.6. The van der Waals surface area contributed by atoms with Crippen LogP contribution in [0.1, 0.15) is 132 Å². The lowest BCUT2D eigenvalue weighted by Gasteiger charge is -2.60. The number of morpholine rings is 1. The molecule has 10 unspecified atom stereocenters. The second-order valence-electron chi connectivity index (χ2n) is 20.7. The zero-order valence-electron chi connectivity index (χ0n) is 33.0. The molecule has 5 aliphatic carbocycles. The molecule has 2 spiro atoms. The minimum Gasteiger partial charge on any atom is -0.388 e. The molecule has 0 radical (unpaired) electrons. The maximum absolute atomic E-state index is 11.0. The summed E-state index contributed by atoms with van der Waals surface area (Å²) in [6, 6.07) is 2.17. The van der Waals surface area contributed by atoms with E-state index in [1.165, 1.54) is 77.0 Å². The predicted molar refractivity (Wildman–Crippen MR) is 196 cm³/mol. The number of aliphatic hydroxyl groups is 1. The Hall–Kier alpha value is -0.280. The van der Waals surface area contributed by atoms with E-state index in [9.17, 15) is 5.11 Å². The van der Waals surface area contributed by atoms with Gasteiger partial charge < -0.3 is 24.1 Å². The minimum atomic E-state index is -0.898. The molecule has 0 aromatic rings. The number of rotatable bonds is 7. The summed E-state index contributed by atoms with van der Waals surface area (Å²) in [7, 11) is 2.37.